The molecule has 0 aliphatic heterocycles. The summed E-state index contributed by atoms with van der Waals surface area (Å²) in [7, 11) is 0. The zero-order valence-electron chi connectivity index (χ0n) is 64.1. The van der Waals surface area contributed by atoms with Crippen molar-refractivity contribution in [3.05, 3.63) is 307 Å². The van der Waals surface area contributed by atoms with Crippen molar-refractivity contribution in [2.45, 2.75) is 138 Å². The van der Waals surface area contributed by atoms with Gasteiger partial charge in [-0.25, -0.2) is 0 Å². The molecule has 0 aliphatic carbocycles. The van der Waals surface area contributed by atoms with Gasteiger partial charge in [-0.3, -0.25) is 0 Å². The van der Waals surface area contributed by atoms with E-state index in [1.54, 1.807) is 0 Å². The lowest BCUT2D eigenvalue weighted by Gasteiger charge is -2.27. The molecule has 0 saturated heterocycles. The van der Waals surface area contributed by atoms with Crippen molar-refractivity contribution < 1.29 is 0 Å². The molecule has 17 rings (SSSR count). The van der Waals surface area contributed by atoms with Gasteiger partial charge >= 0.3 is 0 Å². The lowest BCUT2D eigenvalue weighted by molar-refractivity contribution is 0.827. The third-order valence-corrected chi connectivity index (χ3v) is 25.3. The maximum atomic E-state index is 2.43. The average molecular weight is 1350 g/mol. The Morgan fingerprint density at radius 1 is 0.173 bits per heavy atom. The maximum absolute atomic E-state index is 2.43. The molecule has 2 heterocycles. The highest BCUT2D eigenvalue weighted by Gasteiger charge is 2.29. The van der Waals surface area contributed by atoms with Crippen LogP contribution >= 0.6 is 0 Å². The van der Waals surface area contributed by atoms with Gasteiger partial charge in [-0.1, -0.05) is 182 Å². The van der Waals surface area contributed by atoms with Gasteiger partial charge in [0.1, 0.15) is 0 Å². The van der Waals surface area contributed by atoms with Crippen LogP contribution in [0.4, 0.5) is 0 Å². The van der Waals surface area contributed by atoms with Crippen LogP contribution in [0.5, 0.6) is 0 Å². The first-order valence-electron chi connectivity index (χ1n) is 37.6. The number of benzene rings is 15. The highest BCUT2D eigenvalue weighted by atomic mass is 15.0. The molecule has 2 nitrogen and oxygen atoms in total. The van der Waals surface area contributed by atoms with Crippen molar-refractivity contribution in [3.8, 4) is 77.9 Å². The van der Waals surface area contributed by atoms with Gasteiger partial charge in [-0.2, -0.15) is 0 Å². The molecular formula is C102H94N2. The van der Waals surface area contributed by atoms with Gasteiger partial charge in [-0.15, -0.1) is 0 Å². The molecule has 512 valence electrons. The van der Waals surface area contributed by atoms with E-state index in [0.717, 1.165) is 13.1 Å². The molecule has 0 atom stereocenters. The van der Waals surface area contributed by atoms with Gasteiger partial charge < -0.3 is 9.13 Å². The zero-order chi connectivity index (χ0) is 72.6. The van der Waals surface area contributed by atoms with Gasteiger partial charge in [-0.05, 0) is 371 Å². The van der Waals surface area contributed by atoms with Gasteiger partial charge in [0, 0.05) is 56.7 Å². The minimum Gasteiger partial charge on any atom is -0.341 e. The molecule has 104 heavy (non-hydrogen) atoms. The number of hydrogen-bond donors (Lipinski definition) is 0. The largest absolute Gasteiger partial charge is 0.341 e. The van der Waals surface area contributed by atoms with Crippen molar-refractivity contribution in [3.63, 3.8) is 0 Å². The Balaban J connectivity index is 0.000000161. The minimum absolute atomic E-state index is 0.952. The normalized spacial score (nSPS) is 11.8. The first-order valence-corrected chi connectivity index (χ1v) is 37.6. The highest BCUT2D eigenvalue weighted by Crippen LogP contribution is 2.54. The second-order valence-corrected chi connectivity index (χ2v) is 30.0. The first kappa shape index (κ1) is 67.4. The second kappa shape index (κ2) is 26.0. The number of fused-ring (bicyclic) bond motifs is 10. The summed E-state index contributed by atoms with van der Waals surface area (Å²) >= 11 is 0. The summed E-state index contributed by atoms with van der Waals surface area (Å²) in [6.07, 6.45) is 0. The fourth-order valence-electron chi connectivity index (χ4n) is 18.3. The van der Waals surface area contributed by atoms with Crippen molar-refractivity contribution >= 4 is 86.7 Å². The maximum Gasteiger partial charge on any atom is 0.0491 e. The molecule has 2 heteroatoms. The van der Waals surface area contributed by atoms with Gasteiger partial charge in [0.2, 0.25) is 0 Å². The predicted octanol–water partition coefficient (Wildman–Crippen LogP) is 28.8. The molecule has 0 fully saturated rings. The van der Waals surface area contributed by atoms with E-state index in [-0.39, 0.29) is 0 Å². The van der Waals surface area contributed by atoms with Crippen LogP contribution in [0.2, 0.25) is 0 Å². The Kier molecular flexibility index (Phi) is 16.9. The van der Waals surface area contributed by atoms with Crippen molar-refractivity contribution in [1.29, 1.82) is 0 Å². The molecule has 0 bridgehead atoms. The van der Waals surface area contributed by atoms with Gasteiger partial charge in [0.05, 0.1) is 0 Å². The summed E-state index contributed by atoms with van der Waals surface area (Å²) in [6, 6.07) is 81.6. The average Bonchev–Trinajstić information content (AvgIpc) is 0.965. The third-order valence-electron chi connectivity index (χ3n) is 25.3. The summed E-state index contributed by atoms with van der Waals surface area (Å²) in [6.45, 7) is 43.6. The van der Waals surface area contributed by atoms with Crippen LogP contribution < -0.4 is 0 Å². The van der Waals surface area contributed by atoms with Gasteiger partial charge in [0.15, 0.2) is 0 Å². The molecule has 2 aromatic heterocycles. The molecule has 0 N–H and O–H groups in total. The fraction of sp³-hybridized carbons (Fsp3) is 0.196. The predicted molar refractivity (Wildman–Crippen MR) is 454 cm³/mol. The molecule has 0 saturated carbocycles. The minimum atomic E-state index is 0.952. The second-order valence-electron chi connectivity index (χ2n) is 30.0. The first-order chi connectivity index (χ1) is 50.2. The SMILES string of the molecule is CCn1c2ccccc2c2cc(-c3ccc(-c4c5c(C)c(C)c(C)c(C)c5c(-c5ccc(-c6ccccc6)cc5)c5c(C)c(C)c(C)c(C)c45)cc3)ccc21.CCn1c2ccccc2c2cc(-c3ccc(-c4c5c(C)c(C)c(C)c(C)c5c(-c5ccccc5)c5c(C)c(C)c(C)c(C)c45)cc3)ccc21. The zero-order valence-corrected chi connectivity index (χ0v) is 64.1. The number of para-hydroxylation sites is 2. The van der Waals surface area contributed by atoms with E-state index in [1.807, 2.05) is 0 Å². The Labute approximate surface area is 614 Å². The fourth-order valence-corrected chi connectivity index (χ4v) is 18.3. The van der Waals surface area contributed by atoms with Crippen LogP contribution in [0.25, 0.3) is 165 Å². The molecule has 0 radical (unpaired) electrons. The topological polar surface area (TPSA) is 9.86 Å². The number of aromatic nitrogens is 2. The van der Waals surface area contributed by atoms with Crippen LogP contribution in [0.1, 0.15) is 103 Å². The Morgan fingerprint density at radius 2 is 0.365 bits per heavy atom. The number of aryl methyl sites for hydroxylation is 10. The third kappa shape index (κ3) is 10.3. The van der Waals surface area contributed by atoms with E-state index >= 15 is 0 Å². The molecule has 15 aromatic carbocycles. The molecule has 0 unspecified atom stereocenters. The van der Waals surface area contributed by atoms with Crippen LogP contribution in [0, 0.1) is 111 Å². The Morgan fingerprint density at radius 3 is 0.635 bits per heavy atom. The highest BCUT2D eigenvalue weighted by molar-refractivity contribution is 6.27. The summed E-state index contributed by atoms with van der Waals surface area (Å²) in [5.41, 5.74) is 45.3. The summed E-state index contributed by atoms with van der Waals surface area (Å²) < 4.78 is 4.85. The standard InChI is InChI=1S/C54H49N.C48H45N/c1-10-55-47-19-15-14-18-45(47)46-30-44(28-29-48(46)55)41-22-26-43(27-23-41)54-51-37(8)33(4)31(2)35(6)49(51)53(50-36(7)32(3)34(5)38(9)52(50)54)42-24-20-40(21-25-42)39-16-12-11-13-17-39;1-10-49-41-19-15-14-18-39(41)40-26-38(24-25-42(40)49)35-20-22-37(23-21-35)48-45-33(8)29(4)27(2)31(6)43(45)47(36-16-12-11-13-17-36)44-32(7)28(3)30(5)34(9)46(44)48/h11-30H,10H2,1-9H3;11-26H,10H2,1-9H3. The van der Waals surface area contributed by atoms with E-state index in [9.17, 15) is 0 Å². The lowest BCUT2D eigenvalue weighted by Crippen LogP contribution is -2.03. The quantitative estimate of drug-likeness (QED) is 0.128. The lowest BCUT2D eigenvalue weighted by atomic mass is 9.76. The smallest absolute Gasteiger partial charge is 0.0491 e. The van der Waals surface area contributed by atoms with E-state index in [4.69, 9.17) is 0 Å². The van der Waals surface area contributed by atoms with Crippen LogP contribution in [0.15, 0.2) is 218 Å². The van der Waals surface area contributed by atoms with E-state index < -0.39 is 0 Å². The van der Waals surface area contributed by atoms with Crippen LogP contribution in [-0.2, 0) is 13.1 Å². The summed E-state index contributed by atoms with van der Waals surface area (Å²) in [5.74, 6) is 0. The van der Waals surface area contributed by atoms with Gasteiger partial charge in [0.25, 0.3) is 0 Å². The molecule has 17 aromatic rings. The van der Waals surface area contributed by atoms with Crippen LogP contribution in [-0.4, -0.2) is 9.13 Å². The molecule has 0 amide bonds. The van der Waals surface area contributed by atoms with E-state index in [2.05, 4.69) is 352 Å². The van der Waals surface area contributed by atoms with Crippen molar-refractivity contribution in [2.75, 3.05) is 0 Å². The summed E-state index contributed by atoms with van der Waals surface area (Å²) in [4.78, 5) is 0. The van der Waals surface area contributed by atoms with Crippen molar-refractivity contribution in [2.24, 2.45) is 0 Å². The van der Waals surface area contributed by atoms with E-state index in [0.29, 0.717) is 0 Å². The summed E-state index contributed by atoms with van der Waals surface area (Å²) in [5, 5.41) is 16.3. The molecule has 0 spiro atoms. The molecule has 0 aliphatic rings. The molecular weight excluding hydrogens is 1250 g/mol. The number of rotatable bonds is 9. The Hall–Kier alpha value is -11.1. The Bertz CT molecular complexity index is 6240. The monoisotopic (exact) mass is 1350 g/mol. The number of nitrogens with zero attached hydrogens (tertiary/aromatic N) is 2. The van der Waals surface area contributed by atoms with Crippen molar-refractivity contribution in [1.82, 2.24) is 9.13 Å². The van der Waals surface area contributed by atoms with Crippen LogP contribution in [0.3, 0.4) is 0 Å². The van der Waals surface area contributed by atoms with E-state index in [1.165, 1.54) is 254 Å². The number of hydrogen-bond acceptors (Lipinski definition) is 0.